The quantitative estimate of drug-likeness (QED) is 0.529. The lowest BCUT2D eigenvalue weighted by Gasteiger charge is -2.10. The first-order chi connectivity index (χ1) is 6.27. The van der Waals surface area contributed by atoms with Gasteiger partial charge in [-0.2, -0.15) is 0 Å². The number of nitrogens with one attached hydrogen (secondary N) is 2. The highest BCUT2D eigenvalue weighted by Crippen LogP contribution is 2.30. The zero-order valence-electron chi connectivity index (χ0n) is 7.80. The van der Waals surface area contributed by atoms with E-state index in [-0.39, 0.29) is 0 Å². The topological polar surface area (TPSA) is 50.1 Å². The number of hydrogen-bond donors (Lipinski definition) is 3. The lowest BCUT2D eigenvalue weighted by Crippen LogP contribution is -2.14. The SMILES string of the molecule is CC1CNc2cccc(N)c2NC1. The Balaban J connectivity index is 2.35. The predicted molar refractivity (Wildman–Crippen MR) is 57.0 cm³/mol. The van der Waals surface area contributed by atoms with E-state index < -0.39 is 0 Å². The van der Waals surface area contributed by atoms with Crippen molar-refractivity contribution in [2.75, 3.05) is 29.5 Å². The highest BCUT2D eigenvalue weighted by Gasteiger charge is 2.12. The average molecular weight is 177 g/mol. The van der Waals surface area contributed by atoms with Crippen LogP contribution in [-0.4, -0.2) is 13.1 Å². The van der Waals surface area contributed by atoms with Gasteiger partial charge in [0.2, 0.25) is 0 Å². The van der Waals surface area contributed by atoms with Crippen molar-refractivity contribution < 1.29 is 0 Å². The summed E-state index contributed by atoms with van der Waals surface area (Å²) in [6, 6.07) is 5.94. The van der Waals surface area contributed by atoms with E-state index in [1.165, 1.54) is 0 Å². The maximum absolute atomic E-state index is 5.85. The molecule has 0 aromatic heterocycles. The van der Waals surface area contributed by atoms with Crippen LogP contribution in [0.2, 0.25) is 0 Å². The molecule has 1 atom stereocenters. The van der Waals surface area contributed by atoms with Crippen molar-refractivity contribution in [1.82, 2.24) is 0 Å². The summed E-state index contributed by atoms with van der Waals surface area (Å²) in [5, 5.41) is 6.73. The largest absolute Gasteiger partial charge is 0.397 e. The minimum Gasteiger partial charge on any atom is -0.397 e. The van der Waals surface area contributed by atoms with E-state index in [4.69, 9.17) is 5.73 Å². The zero-order chi connectivity index (χ0) is 9.26. The first-order valence-corrected chi connectivity index (χ1v) is 4.63. The predicted octanol–water partition coefficient (Wildman–Crippen LogP) is 1.74. The summed E-state index contributed by atoms with van der Waals surface area (Å²) >= 11 is 0. The molecule has 0 amide bonds. The van der Waals surface area contributed by atoms with Crippen LogP contribution in [0.5, 0.6) is 0 Å². The molecule has 0 saturated heterocycles. The molecule has 1 unspecified atom stereocenters. The molecule has 1 heterocycles. The second-order valence-electron chi connectivity index (χ2n) is 3.64. The van der Waals surface area contributed by atoms with Crippen molar-refractivity contribution in [2.24, 2.45) is 5.92 Å². The van der Waals surface area contributed by atoms with Gasteiger partial charge in [-0.15, -0.1) is 0 Å². The van der Waals surface area contributed by atoms with E-state index >= 15 is 0 Å². The van der Waals surface area contributed by atoms with Crippen LogP contribution in [0.25, 0.3) is 0 Å². The summed E-state index contributed by atoms with van der Waals surface area (Å²) < 4.78 is 0. The van der Waals surface area contributed by atoms with Crippen LogP contribution in [0.15, 0.2) is 18.2 Å². The van der Waals surface area contributed by atoms with E-state index in [1.807, 2.05) is 12.1 Å². The summed E-state index contributed by atoms with van der Waals surface area (Å²) in [7, 11) is 0. The number of anilines is 3. The second kappa shape index (κ2) is 3.17. The minimum absolute atomic E-state index is 0.631. The van der Waals surface area contributed by atoms with Crippen molar-refractivity contribution >= 4 is 17.1 Å². The van der Waals surface area contributed by atoms with Crippen LogP contribution in [0.3, 0.4) is 0 Å². The van der Waals surface area contributed by atoms with Gasteiger partial charge in [0, 0.05) is 13.1 Å². The second-order valence-corrected chi connectivity index (χ2v) is 3.64. The fraction of sp³-hybridized carbons (Fsp3) is 0.400. The lowest BCUT2D eigenvalue weighted by atomic mass is 10.2. The Labute approximate surface area is 78.3 Å². The van der Waals surface area contributed by atoms with Crippen molar-refractivity contribution in [3.05, 3.63) is 18.2 Å². The fourth-order valence-electron chi connectivity index (χ4n) is 1.55. The van der Waals surface area contributed by atoms with Gasteiger partial charge >= 0.3 is 0 Å². The highest BCUT2D eigenvalue weighted by molar-refractivity contribution is 5.81. The molecule has 3 nitrogen and oxygen atoms in total. The molecule has 0 radical (unpaired) electrons. The summed E-state index contributed by atoms with van der Waals surface area (Å²) in [5.74, 6) is 0.631. The number of rotatable bonds is 0. The molecule has 13 heavy (non-hydrogen) atoms. The summed E-state index contributed by atoms with van der Waals surface area (Å²) in [6.07, 6.45) is 0. The van der Waals surface area contributed by atoms with Gasteiger partial charge in [-0.05, 0) is 18.1 Å². The summed E-state index contributed by atoms with van der Waals surface area (Å²) in [4.78, 5) is 0. The van der Waals surface area contributed by atoms with Gasteiger partial charge in [0.25, 0.3) is 0 Å². The molecule has 2 rings (SSSR count). The van der Waals surface area contributed by atoms with Crippen LogP contribution >= 0.6 is 0 Å². The number of para-hydroxylation sites is 1. The first kappa shape index (κ1) is 8.23. The highest BCUT2D eigenvalue weighted by atomic mass is 15.0. The Morgan fingerprint density at radius 1 is 1.31 bits per heavy atom. The molecule has 0 bridgehead atoms. The monoisotopic (exact) mass is 177 g/mol. The van der Waals surface area contributed by atoms with Crippen LogP contribution in [-0.2, 0) is 0 Å². The van der Waals surface area contributed by atoms with Crippen LogP contribution in [0.4, 0.5) is 17.1 Å². The summed E-state index contributed by atoms with van der Waals surface area (Å²) in [5.41, 5.74) is 8.84. The molecule has 3 heteroatoms. The van der Waals surface area contributed by atoms with Gasteiger partial charge in [-0.25, -0.2) is 0 Å². The molecule has 1 aromatic carbocycles. The number of nitrogen functional groups attached to an aromatic ring is 1. The molecule has 0 aliphatic carbocycles. The third-order valence-electron chi connectivity index (χ3n) is 2.36. The van der Waals surface area contributed by atoms with Gasteiger partial charge < -0.3 is 16.4 Å². The van der Waals surface area contributed by atoms with Gasteiger partial charge in [-0.3, -0.25) is 0 Å². The van der Waals surface area contributed by atoms with Crippen molar-refractivity contribution in [2.45, 2.75) is 6.92 Å². The third-order valence-corrected chi connectivity index (χ3v) is 2.36. The minimum atomic E-state index is 0.631. The molecule has 0 fully saturated rings. The van der Waals surface area contributed by atoms with E-state index in [2.05, 4.69) is 23.6 Å². The zero-order valence-corrected chi connectivity index (χ0v) is 7.80. The molecule has 1 aromatic rings. The van der Waals surface area contributed by atoms with Gasteiger partial charge in [0.05, 0.1) is 17.1 Å². The molecule has 70 valence electrons. The van der Waals surface area contributed by atoms with Crippen molar-refractivity contribution in [3.8, 4) is 0 Å². The van der Waals surface area contributed by atoms with E-state index in [0.29, 0.717) is 5.92 Å². The van der Waals surface area contributed by atoms with Crippen molar-refractivity contribution in [1.29, 1.82) is 0 Å². The maximum Gasteiger partial charge on any atom is 0.0809 e. The van der Waals surface area contributed by atoms with Crippen molar-refractivity contribution in [3.63, 3.8) is 0 Å². The van der Waals surface area contributed by atoms with Crippen LogP contribution < -0.4 is 16.4 Å². The standard InChI is InChI=1S/C10H15N3/c1-7-5-12-9-4-2-3-8(11)10(9)13-6-7/h2-4,7,12-13H,5-6,11H2,1H3. The first-order valence-electron chi connectivity index (χ1n) is 4.63. The van der Waals surface area contributed by atoms with Gasteiger partial charge in [-0.1, -0.05) is 13.0 Å². The van der Waals surface area contributed by atoms with Gasteiger partial charge in [0.1, 0.15) is 0 Å². The Bertz CT molecular complexity index is 309. The average Bonchev–Trinajstić information content (AvgIpc) is 2.30. The number of benzene rings is 1. The smallest absolute Gasteiger partial charge is 0.0809 e. The molecular formula is C10H15N3. The number of hydrogen-bond acceptors (Lipinski definition) is 3. The number of nitrogens with two attached hydrogens (primary N) is 1. The maximum atomic E-state index is 5.85. The fourth-order valence-corrected chi connectivity index (χ4v) is 1.55. The molecule has 4 N–H and O–H groups in total. The van der Waals surface area contributed by atoms with Gasteiger partial charge in [0.15, 0.2) is 0 Å². The number of fused-ring (bicyclic) bond motifs is 1. The Morgan fingerprint density at radius 3 is 2.92 bits per heavy atom. The molecule has 0 spiro atoms. The van der Waals surface area contributed by atoms with Crippen LogP contribution in [0.1, 0.15) is 6.92 Å². The normalized spacial score (nSPS) is 20.8. The Hall–Kier alpha value is -1.38. The molecule has 0 saturated carbocycles. The van der Waals surface area contributed by atoms with E-state index in [0.717, 1.165) is 30.2 Å². The lowest BCUT2D eigenvalue weighted by molar-refractivity contribution is 0.657. The molecule has 1 aliphatic heterocycles. The third kappa shape index (κ3) is 1.54. The Kier molecular flexibility index (Phi) is 2.00. The Morgan fingerprint density at radius 2 is 2.08 bits per heavy atom. The van der Waals surface area contributed by atoms with E-state index in [9.17, 15) is 0 Å². The molecular weight excluding hydrogens is 162 g/mol. The molecule has 1 aliphatic rings. The van der Waals surface area contributed by atoms with E-state index in [1.54, 1.807) is 0 Å². The van der Waals surface area contributed by atoms with Crippen LogP contribution in [0, 0.1) is 5.92 Å². The summed E-state index contributed by atoms with van der Waals surface area (Å²) in [6.45, 7) is 4.19.